The van der Waals surface area contributed by atoms with E-state index in [-0.39, 0.29) is 5.92 Å². The molecule has 1 heterocycles. The monoisotopic (exact) mass is 269 g/mol. The van der Waals surface area contributed by atoms with Gasteiger partial charge in [-0.25, -0.2) is 8.78 Å². The van der Waals surface area contributed by atoms with Crippen LogP contribution in [0.4, 0.5) is 8.78 Å². The van der Waals surface area contributed by atoms with Crippen molar-refractivity contribution in [2.75, 3.05) is 46.3 Å². The van der Waals surface area contributed by atoms with E-state index in [1.165, 1.54) is 12.1 Å². The summed E-state index contributed by atoms with van der Waals surface area (Å²) < 4.78 is 26.5. The third-order valence-corrected chi connectivity index (χ3v) is 3.72. The lowest BCUT2D eigenvalue weighted by Crippen LogP contribution is -2.46. The predicted octanol–water partition coefficient (Wildman–Crippen LogP) is 1.25. The van der Waals surface area contributed by atoms with Crippen LogP contribution in [0.25, 0.3) is 0 Å². The van der Waals surface area contributed by atoms with Crippen LogP contribution in [0.3, 0.4) is 0 Å². The molecule has 19 heavy (non-hydrogen) atoms. The van der Waals surface area contributed by atoms with Crippen molar-refractivity contribution in [3.05, 3.63) is 35.4 Å². The molecule has 1 unspecified atom stereocenters. The van der Waals surface area contributed by atoms with Gasteiger partial charge < -0.3 is 15.5 Å². The molecule has 0 radical (unpaired) electrons. The van der Waals surface area contributed by atoms with E-state index in [4.69, 9.17) is 5.73 Å². The van der Waals surface area contributed by atoms with Crippen LogP contribution in [0.15, 0.2) is 18.2 Å². The minimum atomic E-state index is -0.535. The topological polar surface area (TPSA) is 32.5 Å². The molecule has 1 aliphatic rings. The van der Waals surface area contributed by atoms with Gasteiger partial charge in [-0.05, 0) is 24.7 Å². The summed E-state index contributed by atoms with van der Waals surface area (Å²) in [5.41, 5.74) is 6.42. The fourth-order valence-electron chi connectivity index (χ4n) is 2.47. The highest BCUT2D eigenvalue weighted by Crippen LogP contribution is 2.19. The lowest BCUT2D eigenvalue weighted by atomic mass is 9.98. The molecule has 0 aliphatic carbocycles. The highest BCUT2D eigenvalue weighted by Gasteiger charge is 2.19. The number of likely N-dealkylation sites (N-methyl/N-ethyl adjacent to an activating group) is 1. The summed E-state index contributed by atoms with van der Waals surface area (Å²) in [5.74, 6) is -1.09. The van der Waals surface area contributed by atoms with Crippen LogP contribution in [0.2, 0.25) is 0 Å². The first kappa shape index (κ1) is 14.4. The second kappa shape index (κ2) is 6.41. The van der Waals surface area contributed by atoms with Gasteiger partial charge in [-0.3, -0.25) is 0 Å². The number of benzene rings is 1. The van der Waals surface area contributed by atoms with Crippen LogP contribution in [0.1, 0.15) is 11.5 Å². The van der Waals surface area contributed by atoms with Crippen LogP contribution in [0, 0.1) is 11.6 Å². The number of hydrogen-bond donors (Lipinski definition) is 1. The Morgan fingerprint density at radius 1 is 1.11 bits per heavy atom. The summed E-state index contributed by atoms with van der Waals surface area (Å²) in [6.45, 7) is 5.15. The average Bonchev–Trinajstić information content (AvgIpc) is 2.37. The van der Waals surface area contributed by atoms with E-state index in [2.05, 4.69) is 16.8 Å². The number of nitrogens with two attached hydrogens (primary N) is 1. The predicted molar refractivity (Wildman–Crippen MR) is 72.1 cm³/mol. The number of piperazine rings is 1. The Morgan fingerprint density at radius 3 is 2.21 bits per heavy atom. The Hall–Kier alpha value is -1.04. The maximum absolute atomic E-state index is 13.3. The van der Waals surface area contributed by atoms with Crippen molar-refractivity contribution in [1.82, 2.24) is 9.80 Å². The van der Waals surface area contributed by atoms with Crippen molar-refractivity contribution in [2.45, 2.75) is 5.92 Å². The first-order valence-corrected chi connectivity index (χ1v) is 6.65. The lowest BCUT2D eigenvalue weighted by Gasteiger charge is -2.34. The second-order valence-electron chi connectivity index (χ2n) is 5.24. The van der Waals surface area contributed by atoms with E-state index in [1.54, 1.807) is 0 Å². The number of hydrogen-bond acceptors (Lipinski definition) is 3. The summed E-state index contributed by atoms with van der Waals surface area (Å²) in [7, 11) is 2.10. The molecular formula is C14H21F2N3. The smallest absolute Gasteiger partial charge is 0.126 e. The molecule has 2 N–H and O–H groups in total. The van der Waals surface area contributed by atoms with E-state index < -0.39 is 11.6 Å². The molecule has 1 saturated heterocycles. The normalized spacial score (nSPS) is 19.6. The summed E-state index contributed by atoms with van der Waals surface area (Å²) in [4.78, 5) is 4.58. The van der Waals surface area contributed by atoms with Gasteiger partial charge in [-0.2, -0.15) is 0 Å². The van der Waals surface area contributed by atoms with Gasteiger partial charge in [0.15, 0.2) is 0 Å². The zero-order chi connectivity index (χ0) is 13.8. The summed E-state index contributed by atoms with van der Waals surface area (Å²) in [5, 5.41) is 0. The maximum atomic E-state index is 13.3. The Bertz CT molecular complexity index is 397. The molecule has 1 fully saturated rings. The zero-order valence-electron chi connectivity index (χ0n) is 11.3. The van der Waals surface area contributed by atoms with Crippen molar-refractivity contribution >= 4 is 0 Å². The summed E-state index contributed by atoms with van der Waals surface area (Å²) in [6, 6.07) is 3.67. The summed E-state index contributed by atoms with van der Waals surface area (Å²) in [6.07, 6.45) is 0. The Labute approximate surface area is 113 Å². The molecule has 0 amide bonds. The molecule has 0 saturated carbocycles. The van der Waals surface area contributed by atoms with E-state index in [0.29, 0.717) is 12.1 Å². The minimum Gasteiger partial charge on any atom is -0.330 e. The average molecular weight is 269 g/mol. The van der Waals surface area contributed by atoms with Crippen LogP contribution < -0.4 is 5.73 Å². The van der Waals surface area contributed by atoms with E-state index in [9.17, 15) is 8.78 Å². The third kappa shape index (κ3) is 3.96. The Morgan fingerprint density at radius 2 is 1.68 bits per heavy atom. The molecule has 1 aromatic carbocycles. The van der Waals surface area contributed by atoms with Crippen molar-refractivity contribution in [2.24, 2.45) is 5.73 Å². The molecule has 0 aromatic heterocycles. The summed E-state index contributed by atoms with van der Waals surface area (Å²) >= 11 is 0. The molecule has 1 atom stereocenters. The van der Waals surface area contributed by atoms with Gasteiger partial charge in [-0.15, -0.1) is 0 Å². The molecule has 2 rings (SSSR count). The third-order valence-electron chi connectivity index (χ3n) is 3.72. The second-order valence-corrected chi connectivity index (χ2v) is 5.24. The van der Waals surface area contributed by atoms with E-state index >= 15 is 0 Å². The van der Waals surface area contributed by atoms with Crippen molar-refractivity contribution < 1.29 is 8.78 Å². The van der Waals surface area contributed by atoms with Gasteiger partial charge in [0.2, 0.25) is 0 Å². The quantitative estimate of drug-likeness (QED) is 0.893. The van der Waals surface area contributed by atoms with Gasteiger partial charge in [-0.1, -0.05) is 0 Å². The fraction of sp³-hybridized carbons (Fsp3) is 0.571. The molecule has 3 nitrogen and oxygen atoms in total. The fourth-order valence-corrected chi connectivity index (χ4v) is 2.47. The number of halogens is 2. The Balaban J connectivity index is 2.03. The zero-order valence-corrected chi connectivity index (χ0v) is 11.3. The number of nitrogens with zero attached hydrogens (tertiary/aromatic N) is 2. The van der Waals surface area contributed by atoms with Gasteiger partial charge in [0, 0.05) is 51.3 Å². The molecule has 0 spiro atoms. The van der Waals surface area contributed by atoms with E-state index in [0.717, 1.165) is 38.8 Å². The SMILES string of the molecule is CN1CCN(CC(CN)c2cc(F)cc(F)c2)CC1. The van der Waals surface area contributed by atoms with Gasteiger partial charge in [0.05, 0.1) is 0 Å². The van der Waals surface area contributed by atoms with Crippen LogP contribution in [0.5, 0.6) is 0 Å². The lowest BCUT2D eigenvalue weighted by molar-refractivity contribution is 0.147. The van der Waals surface area contributed by atoms with Crippen molar-refractivity contribution in [1.29, 1.82) is 0 Å². The van der Waals surface area contributed by atoms with E-state index in [1.807, 2.05) is 0 Å². The first-order chi connectivity index (χ1) is 9.08. The molecule has 1 aromatic rings. The van der Waals surface area contributed by atoms with Gasteiger partial charge >= 0.3 is 0 Å². The van der Waals surface area contributed by atoms with Crippen molar-refractivity contribution in [3.63, 3.8) is 0 Å². The molecule has 106 valence electrons. The van der Waals surface area contributed by atoms with Crippen LogP contribution >= 0.6 is 0 Å². The standard InChI is InChI=1S/C14H21F2N3/c1-18-2-4-19(5-3-18)10-12(9-17)11-6-13(15)8-14(16)7-11/h6-8,12H,2-5,9-10,17H2,1H3. The molecule has 0 bridgehead atoms. The molecular weight excluding hydrogens is 248 g/mol. The van der Waals surface area contributed by atoms with Gasteiger partial charge in [0.1, 0.15) is 11.6 Å². The number of rotatable bonds is 4. The Kier molecular flexibility index (Phi) is 4.85. The highest BCUT2D eigenvalue weighted by molar-refractivity contribution is 5.22. The molecule has 1 aliphatic heterocycles. The minimum absolute atomic E-state index is 0.0198. The van der Waals surface area contributed by atoms with Crippen molar-refractivity contribution in [3.8, 4) is 0 Å². The molecule has 5 heteroatoms. The first-order valence-electron chi connectivity index (χ1n) is 6.65. The van der Waals surface area contributed by atoms with Crippen LogP contribution in [-0.2, 0) is 0 Å². The van der Waals surface area contributed by atoms with Gasteiger partial charge in [0.25, 0.3) is 0 Å². The highest BCUT2D eigenvalue weighted by atomic mass is 19.1. The van der Waals surface area contributed by atoms with Crippen LogP contribution in [-0.4, -0.2) is 56.1 Å². The largest absolute Gasteiger partial charge is 0.330 e. The maximum Gasteiger partial charge on any atom is 0.126 e.